The van der Waals surface area contributed by atoms with Crippen LogP contribution in [-0.2, 0) is 0 Å². The molecule has 0 aliphatic rings. The largest absolute Gasteiger partial charge is 0.507 e. The van der Waals surface area contributed by atoms with Crippen molar-refractivity contribution >= 4 is 5.91 Å². The van der Waals surface area contributed by atoms with Gasteiger partial charge in [-0.1, -0.05) is 13.8 Å². The van der Waals surface area contributed by atoms with Crippen molar-refractivity contribution in [1.82, 2.24) is 10.2 Å². The Balaban J connectivity index is 2.45. The second-order valence-corrected chi connectivity index (χ2v) is 5.21. The smallest absolute Gasteiger partial charge is 0.255 e. The fraction of sp³-hybridized carbons (Fsp3) is 0.562. The van der Waals surface area contributed by atoms with E-state index in [1.165, 1.54) is 6.07 Å². The highest BCUT2D eigenvalue weighted by molar-refractivity contribution is 5.96. The molecule has 0 fully saturated rings. The van der Waals surface area contributed by atoms with Gasteiger partial charge in [-0.3, -0.25) is 4.79 Å². The average molecular weight is 296 g/mol. The molecule has 0 spiro atoms. The van der Waals surface area contributed by atoms with E-state index in [0.717, 1.165) is 44.6 Å². The Morgan fingerprint density at radius 2 is 2.05 bits per heavy atom. The number of hydrogen-bond donors (Lipinski definition) is 2. The number of carbonyl (C=O) groups is 1. The van der Waals surface area contributed by atoms with Crippen LogP contribution in [0.2, 0.25) is 0 Å². The zero-order valence-electron chi connectivity index (χ0n) is 13.0. The fourth-order valence-electron chi connectivity index (χ4n) is 2.22. The summed E-state index contributed by atoms with van der Waals surface area (Å²) >= 11 is 0. The molecule has 4 nitrogen and oxygen atoms in total. The van der Waals surface area contributed by atoms with Gasteiger partial charge < -0.3 is 15.3 Å². The van der Waals surface area contributed by atoms with E-state index in [9.17, 15) is 14.3 Å². The van der Waals surface area contributed by atoms with E-state index >= 15 is 0 Å². The Bertz CT molecular complexity index is 462. The van der Waals surface area contributed by atoms with Gasteiger partial charge in [-0.25, -0.2) is 4.39 Å². The number of nitrogens with zero attached hydrogens (tertiary/aromatic N) is 1. The van der Waals surface area contributed by atoms with Gasteiger partial charge in [0.1, 0.15) is 11.6 Å². The summed E-state index contributed by atoms with van der Waals surface area (Å²) in [5, 5.41) is 12.4. The third-order valence-electron chi connectivity index (χ3n) is 3.59. The molecule has 0 saturated heterocycles. The summed E-state index contributed by atoms with van der Waals surface area (Å²) in [4.78, 5) is 14.3. The number of hydrogen-bond acceptors (Lipinski definition) is 3. The Morgan fingerprint density at radius 1 is 1.38 bits per heavy atom. The lowest BCUT2D eigenvalue weighted by molar-refractivity contribution is 0.0934. The van der Waals surface area contributed by atoms with E-state index in [2.05, 4.69) is 24.1 Å². The van der Waals surface area contributed by atoms with Gasteiger partial charge >= 0.3 is 0 Å². The second-order valence-electron chi connectivity index (χ2n) is 5.21. The maximum absolute atomic E-state index is 13.1. The molecule has 0 aliphatic carbocycles. The maximum atomic E-state index is 13.1. The summed E-state index contributed by atoms with van der Waals surface area (Å²) in [6.45, 7) is 9.21. The van der Waals surface area contributed by atoms with Crippen LogP contribution in [0.25, 0.3) is 0 Å². The first-order chi connectivity index (χ1) is 9.97. The molecule has 0 aromatic heterocycles. The van der Waals surface area contributed by atoms with Gasteiger partial charge in [0.15, 0.2) is 0 Å². The minimum absolute atomic E-state index is 0.0178. The number of nitrogens with one attached hydrogen (secondary N) is 1. The molecule has 1 unspecified atom stereocenters. The lowest BCUT2D eigenvalue weighted by Gasteiger charge is -2.20. The highest BCUT2D eigenvalue weighted by Gasteiger charge is 2.14. The molecule has 1 aromatic carbocycles. The van der Waals surface area contributed by atoms with E-state index < -0.39 is 11.7 Å². The molecular weight excluding hydrogens is 271 g/mol. The molecule has 0 radical (unpaired) electrons. The van der Waals surface area contributed by atoms with E-state index in [4.69, 9.17) is 0 Å². The minimum atomic E-state index is -0.535. The fourth-order valence-corrected chi connectivity index (χ4v) is 2.22. The molecule has 0 saturated carbocycles. The van der Waals surface area contributed by atoms with Gasteiger partial charge in [0.2, 0.25) is 0 Å². The first-order valence-corrected chi connectivity index (χ1v) is 7.49. The third kappa shape index (κ3) is 5.71. The van der Waals surface area contributed by atoms with Crippen molar-refractivity contribution < 1.29 is 14.3 Å². The topological polar surface area (TPSA) is 52.6 Å². The zero-order valence-corrected chi connectivity index (χ0v) is 13.0. The number of benzene rings is 1. The van der Waals surface area contributed by atoms with Crippen molar-refractivity contribution in [2.45, 2.75) is 39.7 Å². The second kappa shape index (κ2) is 8.62. The maximum Gasteiger partial charge on any atom is 0.255 e. The number of phenols is 1. The van der Waals surface area contributed by atoms with Crippen LogP contribution in [-0.4, -0.2) is 41.6 Å². The quantitative estimate of drug-likeness (QED) is 0.775. The van der Waals surface area contributed by atoms with Crippen LogP contribution in [0.15, 0.2) is 18.2 Å². The normalized spacial score (nSPS) is 12.4. The molecule has 5 heteroatoms. The summed E-state index contributed by atoms with van der Waals surface area (Å²) in [5.74, 6) is -1.18. The van der Waals surface area contributed by atoms with Gasteiger partial charge in [-0.2, -0.15) is 0 Å². The summed E-state index contributed by atoms with van der Waals surface area (Å²) in [7, 11) is 0. The molecular formula is C16H25FN2O2. The summed E-state index contributed by atoms with van der Waals surface area (Å²) in [6.07, 6.45) is 1.83. The number of aromatic hydroxyl groups is 1. The molecule has 1 amide bonds. The third-order valence-corrected chi connectivity index (χ3v) is 3.59. The molecule has 1 aromatic rings. The van der Waals surface area contributed by atoms with E-state index in [1.807, 2.05) is 6.92 Å². The van der Waals surface area contributed by atoms with E-state index in [0.29, 0.717) is 0 Å². The average Bonchev–Trinajstić information content (AvgIpc) is 2.46. The van der Waals surface area contributed by atoms with Gasteiger partial charge in [0, 0.05) is 6.04 Å². The molecule has 0 aliphatic heterocycles. The monoisotopic (exact) mass is 296 g/mol. The standard InChI is InChI=1S/C16H25FN2O2/c1-4-19(5-2)10-6-7-12(3)18-16(21)14-11-13(17)8-9-15(14)20/h8-9,11-12,20H,4-7,10H2,1-3H3,(H,18,21). The Morgan fingerprint density at radius 3 is 2.67 bits per heavy atom. The molecule has 0 bridgehead atoms. The van der Waals surface area contributed by atoms with Crippen molar-refractivity contribution in [2.24, 2.45) is 0 Å². The van der Waals surface area contributed by atoms with Crippen LogP contribution in [0.1, 0.15) is 44.0 Å². The van der Waals surface area contributed by atoms with Crippen molar-refractivity contribution in [1.29, 1.82) is 0 Å². The van der Waals surface area contributed by atoms with Crippen LogP contribution in [0.5, 0.6) is 5.75 Å². The van der Waals surface area contributed by atoms with Crippen LogP contribution in [0.4, 0.5) is 4.39 Å². The first kappa shape index (κ1) is 17.4. The number of carbonyl (C=O) groups excluding carboxylic acids is 1. The lowest BCUT2D eigenvalue weighted by Crippen LogP contribution is -2.33. The van der Waals surface area contributed by atoms with E-state index in [1.54, 1.807) is 0 Å². The van der Waals surface area contributed by atoms with Gasteiger partial charge in [-0.05, 0) is 57.6 Å². The lowest BCUT2D eigenvalue weighted by atomic mass is 10.1. The Labute approximate surface area is 126 Å². The molecule has 1 rings (SSSR count). The highest BCUT2D eigenvalue weighted by Crippen LogP contribution is 2.17. The number of amides is 1. The van der Waals surface area contributed by atoms with Crippen molar-refractivity contribution in [2.75, 3.05) is 19.6 Å². The summed E-state index contributed by atoms with van der Waals surface area (Å²) in [5.41, 5.74) is -0.0226. The predicted octanol–water partition coefficient (Wildman–Crippen LogP) is 2.77. The molecule has 2 N–H and O–H groups in total. The molecule has 21 heavy (non-hydrogen) atoms. The van der Waals surface area contributed by atoms with Crippen molar-refractivity contribution in [3.8, 4) is 5.75 Å². The van der Waals surface area contributed by atoms with Crippen LogP contribution in [0, 0.1) is 5.82 Å². The first-order valence-electron chi connectivity index (χ1n) is 7.49. The predicted molar refractivity (Wildman–Crippen MR) is 82.0 cm³/mol. The van der Waals surface area contributed by atoms with Gasteiger partial charge in [-0.15, -0.1) is 0 Å². The molecule has 118 valence electrons. The Kier molecular flexibility index (Phi) is 7.15. The zero-order chi connectivity index (χ0) is 15.8. The van der Waals surface area contributed by atoms with Gasteiger partial charge in [0.05, 0.1) is 5.56 Å². The van der Waals surface area contributed by atoms with Crippen LogP contribution >= 0.6 is 0 Å². The number of phenolic OH excluding ortho intramolecular Hbond substituents is 1. The van der Waals surface area contributed by atoms with Crippen LogP contribution in [0.3, 0.4) is 0 Å². The SMILES string of the molecule is CCN(CC)CCCC(C)NC(=O)c1cc(F)ccc1O. The van der Waals surface area contributed by atoms with Crippen molar-refractivity contribution in [3.63, 3.8) is 0 Å². The van der Waals surface area contributed by atoms with Gasteiger partial charge in [0.25, 0.3) is 5.91 Å². The van der Waals surface area contributed by atoms with Crippen molar-refractivity contribution in [3.05, 3.63) is 29.6 Å². The minimum Gasteiger partial charge on any atom is -0.507 e. The van der Waals surface area contributed by atoms with E-state index in [-0.39, 0.29) is 17.4 Å². The highest BCUT2D eigenvalue weighted by atomic mass is 19.1. The summed E-state index contributed by atoms with van der Waals surface area (Å²) in [6, 6.07) is 3.35. The molecule has 1 atom stereocenters. The Hall–Kier alpha value is -1.62. The number of rotatable bonds is 8. The summed E-state index contributed by atoms with van der Waals surface area (Å²) < 4.78 is 13.1. The number of halogens is 1. The van der Waals surface area contributed by atoms with Crippen LogP contribution < -0.4 is 5.32 Å². The molecule has 0 heterocycles.